The van der Waals surface area contributed by atoms with E-state index < -0.39 is 0 Å². The smallest absolute Gasteiger partial charge is 0.0590 e. The Hall–Kier alpha value is -0.830. The minimum atomic E-state index is 0.297. The van der Waals surface area contributed by atoms with Crippen molar-refractivity contribution >= 4 is 22.9 Å². The molecule has 0 saturated heterocycles. The van der Waals surface area contributed by atoms with E-state index >= 15 is 0 Å². The second-order valence-corrected chi connectivity index (χ2v) is 6.57. The van der Waals surface area contributed by atoms with Gasteiger partial charge in [-0.15, -0.1) is 11.3 Å². The van der Waals surface area contributed by atoms with E-state index in [4.69, 9.17) is 11.6 Å². The van der Waals surface area contributed by atoms with Gasteiger partial charge in [-0.2, -0.15) is 0 Å². The number of hydrogen-bond donors (Lipinski definition) is 1. The summed E-state index contributed by atoms with van der Waals surface area (Å²) in [6.07, 6.45) is 0.992. The Labute approximate surface area is 131 Å². The lowest BCUT2D eigenvalue weighted by Crippen LogP contribution is -2.23. The van der Waals surface area contributed by atoms with Crippen molar-refractivity contribution in [3.8, 4) is 0 Å². The van der Waals surface area contributed by atoms with Crippen LogP contribution in [0.15, 0.2) is 23.6 Å². The summed E-state index contributed by atoms with van der Waals surface area (Å²) in [5.41, 5.74) is 5.33. The first-order valence-corrected chi connectivity index (χ1v) is 8.32. The lowest BCUT2D eigenvalue weighted by molar-refractivity contribution is 0.556. The summed E-state index contributed by atoms with van der Waals surface area (Å²) in [4.78, 5) is 1.26. The van der Waals surface area contributed by atoms with E-state index in [0.717, 1.165) is 18.0 Å². The Kier molecular flexibility index (Phi) is 5.25. The van der Waals surface area contributed by atoms with Crippen LogP contribution in [0, 0.1) is 20.8 Å². The highest BCUT2D eigenvalue weighted by Gasteiger charge is 2.19. The highest BCUT2D eigenvalue weighted by atomic mass is 35.5. The monoisotopic (exact) mass is 307 g/mol. The third-order valence-electron chi connectivity index (χ3n) is 3.74. The number of rotatable bonds is 5. The summed E-state index contributed by atoms with van der Waals surface area (Å²) >= 11 is 8.22. The summed E-state index contributed by atoms with van der Waals surface area (Å²) in [7, 11) is 0. The fourth-order valence-corrected chi connectivity index (χ4v) is 3.97. The summed E-state index contributed by atoms with van der Waals surface area (Å²) in [5, 5.41) is 6.65. The van der Waals surface area contributed by atoms with Crippen molar-refractivity contribution < 1.29 is 0 Å². The molecule has 0 fully saturated rings. The van der Waals surface area contributed by atoms with Crippen LogP contribution in [0.25, 0.3) is 0 Å². The molecule has 0 radical (unpaired) electrons. The number of halogens is 1. The Morgan fingerprint density at radius 3 is 2.30 bits per heavy atom. The first-order chi connectivity index (χ1) is 9.54. The van der Waals surface area contributed by atoms with E-state index in [2.05, 4.69) is 56.6 Å². The van der Waals surface area contributed by atoms with Crippen LogP contribution in [0.4, 0.5) is 0 Å². The summed E-state index contributed by atoms with van der Waals surface area (Å²) in [5.74, 6) is 0. The molecule has 0 amide bonds. The Bertz CT molecular complexity index is 568. The first-order valence-electron chi connectivity index (χ1n) is 7.06. The minimum absolute atomic E-state index is 0.297. The molecule has 0 aliphatic heterocycles. The largest absolute Gasteiger partial charge is 0.309 e. The number of nitrogens with one attached hydrogen (secondary N) is 1. The van der Waals surface area contributed by atoms with Gasteiger partial charge < -0.3 is 5.32 Å². The summed E-state index contributed by atoms with van der Waals surface area (Å²) in [6, 6.07) is 6.80. The highest BCUT2D eigenvalue weighted by molar-refractivity contribution is 7.10. The zero-order valence-corrected chi connectivity index (χ0v) is 14.2. The van der Waals surface area contributed by atoms with Gasteiger partial charge in [0.1, 0.15) is 0 Å². The van der Waals surface area contributed by atoms with Gasteiger partial charge in [0, 0.05) is 10.9 Å². The van der Waals surface area contributed by atoms with E-state index in [9.17, 15) is 0 Å². The van der Waals surface area contributed by atoms with E-state index in [1.54, 1.807) is 11.3 Å². The zero-order valence-electron chi connectivity index (χ0n) is 12.6. The molecule has 2 rings (SSSR count). The Morgan fingerprint density at radius 1 is 1.15 bits per heavy atom. The van der Waals surface area contributed by atoms with Gasteiger partial charge in [-0.25, -0.2) is 0 Å². The molecule has 1 aromatic heterocycles. The van der Waals surface area contributed by atoms with Crippen molar-refractivity contribution in [2.24, 2.45) is 0 Å². The third-order valence-corrected chi connectivity index (χ3v) is 5.57. The Morgan fingerprint density at radius 2 is 1.80 bits per heavy atom. The maximum atomic E-state index is 6.46. The molecule has 2 aromatic rings. The van der Waals surface area contributed by atoms with Crippen LogP contribution in [0.2, 0.25) is 5.02 Å². The first kappa shape index (κ1) is 15.6. The van der Waals surface area contributed by atoms with Gasteiger partial charge in [0.05, 0.1) is 5.02 Å². The van der Waals surface area contributed by atoms with Gasteiger partial charge in [-0.1, -0.05) is 36.7 Å². The molecule has 1 nitrogen and oxygen atoms in total. The topological polar surface area (TPSA) is 12.0 Å². The second-order valence-electron chi connectivity index (χ2n) is 5.28. The summed E-state index contributed by atoms with van der Waals surface area (Å²) in [6.45, 7) is 9.54. The predicted molar refractivity (Wildman–Crippen MR) is 90.1 cm³/mol. The molecule has 0 saturated carbocycles. The fraction of sp³-hybridized carbons (Fsp3) is 0.412. The molecule has 1 heterocycles. The van der Waals surface area contributed by atoms with E-state index in [1.165, 1.54) is 27.1 Å². The molecule has 0 bridgehead atoms. The lowest BCUT2D eigenvalue weighted by Gasteiger charge is -2.20. The molecule has 3 heteroatoms. The number of hydrogen-bond acceptors (Lipinski definition) is 2. The van der Waals surface area contributed by atoms with Gasteiger partial charge >= 0.3 is 0 Å². The Balaban J connectivity index is 2.33. The zero-order chi connectivity index (χ0) is 14.7. The molecule has 0 spiro atoms. The normalized spacial score (nSPS) is 12.7. The van der Waals surface area contributed by atoms with Crippen molar-refractivity contribution in [1.29, 1.82) is 0 Å². The van der Waals surface area contributed by atoms with Gasteiger partial charge in [0.15, 0.2) is 0 Å². The SMILES string of the molecule is CCNC(Cc1c(C)cccc1C)c1scc(C)c1Cl. The molecule has 1 N–H and O–H groups in total. The number of thiophene rings is 1. The van der Waals surface area contributed by atoms with Crippen molar-refractivity contribution in [3.05, 3.63) is 55.7 Å². The average molecular weight is 308 g/mol. The third kappa shape index (κ3) is 3.25. The van der Waals surface area contributed by atoms with Crippen LogP contribution in [0.3, 0.4) is 0 Å². The maximum Gasteiger partial charge on any atom is 0.0590 e. The van der Waals surface area contributed by atoms with E-state index in [1.807, 2.05) is 0 Å². The van der Waals surface area contributed by atoms with E-state index in [-0.39, 0.29) is 0 Å². The number of aryl methyl sites for hydroxylation is 3. The molecule has 0 aliphatic rings. The van der Waals surface area contributed by atoms with E-state index in [0.29, 0.717) is 6.04 Å². The number of benzene rings is 1. The van der Waals surface area contributed by atoms with Gasteiger partial charge in [0.2, 0.25) is 0 Å². The lowest BCUT2D eigenvalue weighted by atomic mass is 9.95. The molecule has 0 aliphatic carbocycles. The van der Waals surface area contributed by atoms with Crippen molar-refractivity contribution in [2.75, 3.05) is 6.54 Å². The fourth-order valence-electron chi connectivity index (χ4n) is 2.56. The van der Waals surface area contributed by atoms with Crippen LogP contribution >= 0.6 is 22.9 Å². The van der Waals surface area contributed by atoms with Gasteiger partial charge in [0.25, 0.3) is 0 Å². The van der Waals surface area contributed by atoms with Crippen molar-refractivity contribution in [1.82, 2.24) is 5.32 Å². The van der Waals surface area contributed by atoms with Crippen LogP contribution in [-0.4, -0.2) is 6.54 Å². The molecule has 1 unspecified atom stereocenters. The van der Waals surface area contributed by atoms with Gasteiger partial charge in [-0.3, -0.25) is 0 Å². The van der Waals surface area contributed by atoms with Crippen LogP contribution in [0.1, 0.15) is 40.1 Å². The van der Waals surface area contributed by atoms with Crippen molar-refractivity contribution in [2.45, 2.75) is 40.2 Å². The summed E-state index contributed by atoms with van der Waals surface area (Å²) < 4.78 is 0. The molecular formula is C17H22ClNS. The van der Waals surface area contributed by atoms with Crippen LogP contribution in [0.5, 0.6) is 0 Å². The van der Waals surface area contributed by atoms with Crippen LogP contribution < -0.4 is 5.32 Å². The molecule has 20 heavy (non-hydrogen) atoms. The second kappa shape index (κ2) is 6.75. The maximum absolute atomic E-state index is 6.46. The molecule has 1 aromatic carbocycles. The molecule has 1 atom stereocenters. The molecule has 108 valence electrons. The predicted octanol–water partition coefficient (Wildman–Crippen LogP) is 5.22. The molecular weight excluding hydrogens is 286 g/mol. The van der Waals surface area contributed by atoms with Gasteiger partial charge in [-0.05, 0) is 61.4 Å². The van der Waals surface area contributed by atoms with Crippen molar-refractivity contribution in [3.63, 3.8) is 0 Å². The van der Waals surface area contributed by atoms with Crippen LogP contribution in [-0.2, 0) is 6.42 Å². The number of likely N-dealkylation sites (N-methyl/N-ethyl adjacent to an activating group) is 1. The standard InChI is InChI=1S/C17H22ClNS/c1-5-19-15(17-16(18)13(4)10-20-17)9-14-11(2)7-6-8-12(14)3/h6-8,10,15,19H,5,9H2,1-4H3. The minimum Gasteiger partial charge on any atom is -0.309 e. The highest BCUT2D eigenvalue weighted by Crippen LogP contribution is 2.34. The quantitative estimate of drug-likeness (QED) is 0.798. The average Bonchev–Trinajstić information content (AvgIpc) is 2.73.